The van der Waals surface area contributed by atoms with Gasteiger partial charge in [-0.3, -0.25) is 4.79 Å². The molecule has 1 saturated heterocycles. The van der Waals surface area contributed by atoms with Crippen LogP contribution in [-0.4, -0.2) is 59.3 Å². The van der Waals surface area contributed by atoms with E-state index in [0.717, 1.165) is 38.5 Å². The van der Waals surface area contributed by atoms with Crippen LogP contribution in [0.1, 0.15) is 61.3 Å². The van der Waals surface area contributed by atoms with Crippen LogP contribution < -0.4 is 0 Å². The molecule has 4 rings (SSSR count). The van der Waals surface area contributed by atoms with Crippen molar-refractivity contribution in [3.8, 4) is 0 Å². The second kappa shape index (κ2) is 8.89. The molecule has 1 aliphatic carbocycles. The van der Waals surface area contributed by atoms with E-state index in [4.69, 9.17) is 0 Å². The van der Waals surface area contributed by atoms with Crippen molar-refractivity contribution in [1.29, 1.82) is 0 Å². The molecular weight excluding hydrogens is 400 g/mol. The quantitative estimate of drug-likeness (QED) is 0.729. The molecule has 1 aromatic heterocycles. The number of carbonyl (C=O) groups excluding carboxylic acids is 1. The standard InChI is InChI=1S/C22H30N4O3S/c1-24(19-7-3-2-4-8-19)30(28,29)21-9-5-6-18(16-21)22(27)25-13-10-20(11-14-25)26-15-12-23-17-26/h5-6,9,12,15-17,19-20H,2-4,7-8,10-11,13-14H2,1H3. The Hall–Kier alpha value is -2.19. The van der Waals surface area contributed by atoms with E-state index in [1.165, 1.54) is 10.7 Å². The van der Waals surface area contributed by atoms with E-state index in [-0.39, 0.29) is 16.8 Å². The first-order valence-corrected chi connectivity index (χ1v) is 12.3. The average molecular weight is 431 g/mol. The van der Waals surface area contributed by atoms with Crippen LogP contribution in [-0.2, 0) is 10.0 Å². The summed E-state index contributed by atoms with van der Waals surface area (Å²) in [4.78, 5) is 19.2. The Morgan fingerprint density at radius 2 is 1.83 bits per heavy atom. The van der Waals surface area contributed by atoms with Crippen LogP contribution in [0.3, 0.4) is 0 Å². The molecule has 1 amide bonds. The summed E-state index contributed by atoms with van der Waals surface area (Å²) in [6.07, 6.45) is 12.4. The molecule has 0 N–H and O–H groups in total. The van der Waals surface area contributed by atoms with Gasteiger partial charge in [0.1, 0.15) is 0 Å². The number of rotatable bonds is 5. The molecular formula is C22H30N4O3S. The van der Waals surface area contributed by atoms with Gasteiger partial charge in [0.2, 0.25) is 10.0 Å². The highest BCUT2D eigenvalue weighted by Gasteiger charge is 2.30. The number of nitrogens with zero attached hydrogens (tertiary/aromatic N) is 4. The van der Waals surface area contributed by atoms with Gasteiger partial charge in [0.05, 0.1) is 11.2 Å². The van der Waals surface area contributed by atoms with E-state index < -0.39 is 10.0 Å². The van der Waals surface area contributed by atoms with Crippen LogP contribution in [0.5, 0.6) is 0 Å². The normalized spacial score (nSPS) is 19.3. The number of sulfonamides is 1. The Balaban J connectivity index is 1.45. The second-order valence-corrected chi connectivity index (χ2v) is 10.4. The third kappa shape index (κ3) is 4.30. The molecule has 2 aliphatic rings. The zero-order valence-electron chi connectivity index (χ0n) is 17.5. The van der Waals surface area contributed by atoms with Crippen molar-refractivity contribution in [2.75, 3.05) is 20.1 Å². The molecule has 1 aliphatic heterocycles. The Morgan fingerprint density at radius 1 is 1.10 bits per heavy atom. The lowest BCUT2D eigenvalue weighted by Crippen LogP contribution is -2.39. The van der Waals surface area contributed by atoms with Gasteiger partial charge in [0.15, 0.2) is 0 Å². The van der Waals surface area contributed by atoms with Gasteiger partial charge >= 0.3 is 0 Å². The molecule has 0 bridgehead atoms. The number of hydrogen-bond donors (Lipinski definition) is 0. The molecule has 2 aromatic rings. The van der Waals surface area contributed by atoms with Crippen molar-refractivity contribution in [2.45, 2.75) is 61.9 Å². The summed E-state index contributed by atoms with van der Waals surface area (Å²) in [6.45, 7) is 1.31. The summed E-state index contributed by atoms with van der Waals surface area (Å²) in [5.41, 5.74) is 0.439. The highest BCUT2D eigenvalue weighted by Crippen LogP contribution is 2.28. The first-order chi connectivity index (χ1) is 14.5. The van der Waals surface area contributed by atoms with Gasteiger partial charge in [-0.2, -0.15) is 4.31 Å². The monoisotopic (exact) mass is 430 g/mol. The number of benzene rings is 1. The Morgan fingerprint density at radius 3 is 2.50 bits per heavy atom. The van der Waals surface area contributed by atoms with Crippen LogP contribution >= 0.6 is 0 Å². The summed E-state index contributed by atoms with van der Waals surface area (Å²) in [5, 5.41) is 0. The Bertz CT molecular complexity index is 960. The summed E-state index contributed by atoms with van der Waals surface area (Å²) in [6, 6.07) is 6.92. The molecule has 0 radical (unpaired) electrons. The molecule has 30 heavy (non-hydrogen) atoms. The van der Waals surface area contributed by atoms with Crippen LogP contribution in [0.2, 0.25) is 0 Å². The van der Waals surface area contributed by atoms with Crippen LogP contribution in [0.15, 0.2) is 47.9 Å². The number of aromatic nitrogens is 2. The maximum atomic E-state index is 13.1. The third-order valence-electron chi connectivity index (χ3n) is 6.55. The molecule has 0 spiro atoms. The van der Waals surface area contributed by atoms with Crippen molar-refractivity contribution in [1.82, 2.24) is 18.8 Å². The second-order valence-electron chi connectivity index (χ2n) is 8.37. The van der Waals surface area contributed by atoms with E-state index >= 15 is 0 Å². The highest BCUT2D eigenvalue weighted by atomic mass is 32.2. The van der Waals surface area contributed by atoms with E-state index in [0.29, 0.717) is 24.7 Å². The van der Waals surface area contributed by atoms with E-state index in [1.807, 2.05) is 17.4 Å². The SMILES string of the molecule is CN(C1CCCCC1)S(=O)(=O)c1cccc(C(=O)N2CCC(n3ccnc3)CC2)c1. The lowest BCUT2D eigenvalue weighted by atomic mass is 9.96. The van der Waals surface area contributed by atoms with Crippen LogP contribution in [0.25, 0.3) is 0 Å². The predicted octanol–water partition coefficient (Wildman–Crippen LogP) is 3.31. The molecule has 7 nitrogen and oxygen atoms in total. The molecule has 0 atom stereocenters. The minimum absolute atomic E-state index is 0.0466. The van der Waals surface area contributed by atoms with Gasteiger partial charge in [-0.15, -0.1) is 0 Å². The summed E-state index contributed by atoms with van der Waals surface area (Å²) in [7, 11) is -1.94. The molecule has 0 unspecified atom stereocenters. The number of imidazole rings is 1. The van der Waals surface area contributed by atoms with Crippen molar-refractivity contribution in [3.05, 3.63) is 48.5 Å². The summed E-state index contributed by atoms with van der Waals surface area (Å²) < 4.78 is 29.9. The predicted molar refractivity (Wildman–Crippen MR) is 115 cm³/mol. The molecule has 2 fully saturated rings. The maximum Gasteiger partial charge on any atom is 0.253 e. The van der Waals surface area contributed by atoms with Gasteiger partial charge in [0, 0.05) is 50.2 Å². The van der Waals surface area contributed by atoms with E-state index in [9.17, 15) is 13.2 Å². The zero-order chi connectivity index (χ0) is 21.1. The molecule has 8 heteroatoms. The largest absolute Gasteiger partial charge is 0.338 e. The number of hydrogen-bond acceptors (Lipinski definition) is 4. The molecule has 2 heterocycles. The van der Waals surface area contributed by atoms with E-state index in [2.05, 4.69) is 9.55 Å². The highest BCUT2D eigenvalue weighted by molar-refractivity contribution is 7.89. The fourth-order valence-corrected chi connectivity index (χ4v) is 6.09. The van der Waals surface area contributed by atoms with E-state index in [1.54, 1.807) is 37.5 Å². The van der Waals surface area contributed by atoms with Gasteiger partial charge in [0.25, 0.3) is 5.91 Å². The maximum absolute atomic E-state index is 13.1. The minimum atomic E-state index is -3.61. The van der Waals surface area contributed by atoms with Gasteiger partial charge in [-0.25, -0.2) is 13.4 Å². The fourth-order valence-electron chi connectivity index (χ4n) is 4.63. The fraction of sp³-hybridized carbons (Fsp3) is 0.545. The average Bonchev–Trinajstić information content (AvgIpc) is 3.34. The lowest BCUT2D eigenvalue weighted by Gasteiger charge is -2.33. The zero-order valence-corrected chi connectivity index (χ0v) is 18.3. The van der Waals surface area contributed by atoms with Crippen molar-refractivity contribution in [2.24, 2.45) is 0 Å². The van der Waals surface area contributed by atoms with Gasteiger partial charge < -0.3 is 9.47 Å². The van der Waals surface area contributed by atoms with Gasteiger partial charge in [-0.05, 0) is 43.9 Å². The number of carbonyl (C=O) groups is 1. The topological polar surface area (TPSA) is 75.5 Å². The van der Waals surface area contributed by atoms with Crippen LogP contribution in [0.4, 0.5) is 0 Å². The minimum Gasteiger partial charge on any atom is -0.338 e. The molecule has 1 saturated carbocycles. The Labute approximate surface area is 178 Å². The van der Waals surface area contributed by atoms with Crippen molar-refractivity contribution >= 4 is 15.9 Å². The third-order valence-corrected chi connectivity index (χ3v) is 8.45. The molecule has 162 valence electrons. The number of likely N-dealkylation sites (tertiary alicyclic amines) is 1. The first kappa shape index (κ1) is 21.1. The molecule has 1 aromatic carbocycles. The number of amides is 1. The van der Waals surface area contributed by atoms with Crippen molar-refractivity contribution in [3.63, 3.8) is 0 Å². The smallest absolute Gasteiger partial charge is 0.253 e. The lowest BCUT2D eigenvalue weighted by molar-refractivity contribution is 0.0694. The van der Waals surface area contributed by atoms with Crippen LogP contribution in [0, 0.1) is 0 Å². The number of piperidine rings is 1. The van der Waals surface area contributed by atoms with Crippen molar-refractivity contribution < 1.29 is 13.2 Å². The summed E-state index contributed by atoms with van der Waals surface area (Å²) >= 11 is 0. The Kier molecular flexibility index (Phi) is 6.24. The first-order valence-electron chi connectivity index (χ1n) is 10.8. The van der Waals surface area contributed by atoms with Gasteiger partial charge in [-0.1, -0.05) is 25.3 Å². The summed E-state index contributed by atoms with van der Waals surface area (Å²) in [5.74, 6) is -0.101.